The third-order valence-electron chi connectivity index (χ3n) is 4.75. The summed E-state index contributed by atoms with van der Waals surface area (Å²) in [6, 6.07) is 18.8. The Morgan fingerprint density at radius 2 is 1.41 bits per heavy atom. The molecule has 5 nitrogen and oxygen atoms in total. The van der Waals surface area contributed by atoms with Crippen LogP contribution >= 0.6 is 11.6 Å². The number of ketones is 1. The first-order valence-corrected chi connectivity index (χ1v) is 10.3. The summed E-state index contributed by atoms with van der Waals surface area (Å²) in [7, 11) is 0. The first-order chi connectivity index (χ1) is 16.1. The zero-order chi connectivity index (χ0) is 24.9. The molecule has 0 aromatic heterocycles. The van der Waals surface area contributed by atoms with Gasteiger partial charge in [-0.15, -0.1) is 0 Å². The zero-order valence-electron chi connectivity index (χ0n) is 17.8. The maximum absolute atomic E-state index is 13.0. The van der Waals surface area contributed by atoms with Gasteiger partial charge in [-0.25, -0.2) is 0 Å². The van der Waals surface area contributed by atoms with Gasteiger partial charge in [-0.05, 0) is 55.0 Å². The Balaban J connectivity index is 1.89. The van der Waals surface area contributed by atoms with E-state index in [1.165, 1.54) is 31.2 Å². The van der Waals surface area contributed by atoms with E-state index in [1.54, 1.807) is 48.5 Å². The van der Waals surface area contributed by atoms with Gasteiger partial charge in [-0.3, -0.25) is 15.0 Å². The highest BCUT2D eigenvalue weighted by Gasteiger charge is 2.33. The fourth-order valence-electron chi connectivity index (χ4n) is 3.02. The van der Waals surface area contributed by atoms with Crippen LogP contribution in [-0.4, -0.2) is 23.6 Å². The number of Topliss-reactive ketones (excluding diaryl/α,β-unsaturated/α-hetero) is 1. The van der Waals surface area contributed by atoms with Gasteiger partial charge in [0.25, 0.3) is 5.91 Å². The first kappa shape index (κ1) is 24.7. The number of hydrogen-bond donors (Lipinski definition) is 3. The Morgan fingerprint density at radius 1 is 0.853 bits per heavy atom. The van der Waals surface area contributed by atoms with E-state index in [0.29, 0.717) is 28.6 Å². The summed E-state index contributed by atoms with van der Waals surface area (Å²) in [6.45, 7) is 1.39. The van der Waals surface area contributed by atoms with Crippen molar-refractivity contribution in [2.75, 3.05) is 10.6 Å². The number of carbonyl (C=O) groups is 2. The fourth-order valence-corrected chi connectivity index (χ4v) is 3.20. The highest BCUT2D eigenvalue weighted by molar-refractivity contribution is 6.33. The normalized spacial score (nSPS) is 11.6. The maximum atomic E-state index is 13.0. The molecule has 3 N–H and O–H groups in total. The van der Waals surface area contributed by atoms with Crippen molar-refractivity contribution in [2.45, 2.75) is 13.1 Å². The molecule has 0 saturated carbocycles. The quantitative estimate of drug-likeness (QED) is 0.253. The smallest absolute Gasteiger partial charge is 0.354 e. The standard InChI is InChI=1S/C25H19ClF3N3O2/c1-15(33)18-6-2-4-8-20(18)32-24(34)17-12-10-16(11-13-17)22(14-23(30)25(27,28)29)31-21-9-5-3-7-19(21)26/h2-14,30-31H,1H3,(H,32,34)/b22-14-,30-23?. The SMILES string of the molecule is CC(=O)c1ccccc1NC(=O)c1ccc(/C(=C/C(=N)C(F)(F)F)Nc2ccccc2Cl)cc1. The van der Waals surface area contributed by atoms with Crippen LogP contribution in [0.4, 0.5) is 24.5 Å². The summed E-state index contributed by atoms with van der Waals surface area (Å²) in [5.74, 6) is -0.702. The minimum Gasteiger partial charge on any atom is -0.354 e. The first-order valence-electron chi connectivity index (χ1n) is 9.97. The van der Waals surface area contributed by atoms with Gasteiger partial charge in [-0.2, -0.15) is 13.2 Å². The highest BCUT2D eigenvalue weighted by Crippen LogP contribution is 2.28. The van der Waals surface area contributed by atoms with Crippen molar-refractivity contribution in [3.8, 4) is 0 Å². The topological polar surface area (TPSA) is 82.1 Å². The minimum atomic E-state index is -4.84. The third-order valence-corrected chi connectivity index (χ3v) is 5.08. The Hall–Kier alpha value is -3.91. The van der Waals surface area contributed by atoms with Crippen LogP contribution in [0.2, 0.25) is 5.02 Å². The Morgan fingerprint density at radius 3 is 2.00 bits per heavy atom. The molecule has 0 aliphatic carbocycles. The average molecular weight is 486 g/mol. The average Bonchev–Trinajstić information content (AvgIpc) is 2.79. The van der Waals surface area contributed by atoms with Crippen LogP contribution in [0.25, 0.3) is 5.70 Å². The molecule has 0 radical (unpaired) electrons. The third kappa shape index (κ3) is 6.11. The second kappa shape index (κ2) is 10.4. The van der Waals surface area contributed by atoms with Crippen molar-refractivity contribution in [2.24, 2.45) is 0 Å². The number of benzene rings is 3. The van der Waals surface area contributed by atoms with Crippen LogP contribution < -0.4 is 10.6 Å². The molecule has 0 unspecified atom stereocenters. The largest absolute Gasteiger partial charge is 0.432 e. The van der Waals surface area contributed by atoms with Gasteiger partial charge in [0.15, 0.2) is 5.78 Å². The predicted molar refractivity (Wildman–Crippen MR) is 128 cm³/mol. The summed E-state index contributed by atoms with van der Waals surface area (Å²) in [5.41, 5.74) is 0.0118. The molecule has 3 aromatic rings. The van der Waals surface area contributed by atoms with Crippen molar-refractivity contribution in [3.05, 3.63) is 101 Å². The molecule has 0 heterocycles. The van der Waals surface area contributed by atoms with Crippen molar-refractivity contribution in [1.82, 2.24) is 0 Å². The van der Waals surface area contributed by atoms with E-state index in [0.717, 1.165) is 0 Å². The summed E-state index contributed by atoms with van der Waals surface area (Å²) in [4.78, 5) is 24.4. The fraction of sp³-hybridized carbons (Fsp3) is 0.0800. The van der Waals surface area contributed by atoms with Crippen molar-refractivity contribution < 1.29 is 22.8 Å². The number of halogens is 4. The van der Waals surface area contributed by atoms with Crippen LogP contribution in [0, 0.1) is 5.41 Å². The molecular formula is C25H19ClF3N3O2. The Labute approximate surface area is 198 Å². The van der Waals surface area contributed by atoms with E-state index in [-0.39, 0.29) is 22.1 Å². The Bertz CT molecular complexity index is 1270. The lowest BCUT2D eigenvalue weighted by Crippen LogP contribution is -2.20. The highest BCUT2D eigenvalue weighted by atomic mass is 35.5. The molecule has 3 aromatic carbocycles. The molecule has 3 rings (SSSR count). The van der Waals surface area contributed by atoms with E-state index < -0.39 is 17.8 Å². The predicted octanol–water partition coefficient (Wildman–Crippen LogP) is 6.83. The number of hydrogen-bond acceptors (Lipinski definition) is 4. The number of rotatable bonds is 7. The van der Waals surface area contributed by atoms with Gasteiger partial charge in [0, 0.05) is 16.8 Å². The van der Waals surface area contributed by atoms with E-state index in [4.69, 9.17) is 17.0 Å². The second-order valence-electron chi connectivity index (χ2n) is 7.21. The Kier molecular flexibility index (Phi) is 7.53. The maximum Gasteiger partial charge on any atom is 0.432 e. The van der Waals surface area contributed by atoms with Crippen molar-refractivity contribution >= 4 is 46.1 Å². The van der Waals surface area contributed by atoms with Crippen LogP contribution in [0.3, 0.4) is 0 Å². The summed E-state index contributed by atoms with van der Waals surface area (Å²) < 4.78 is 39.0. The van der Waals surface area contributed by atoms with Gasteiger partial charge in [0.1, 0.15) is 5.71 Å². The van der Waals surface area contributed by atoms with Crippen LogP contribution in [0.5, 0.6) is 0 Å². The van der Waals surface area contributed by atoms with E-state index >= 15 is 0 Å². The van der Waals surface area contributed by atoms with E-state index in [9.17, 15) is 22.8 Å². The van der Waals surface area contributed by atoms with Crippen molar-refractivity contribution in [3.63, 3.8) is 0 Å². The number of anilines is 2. The summed E-state index contributed by atoms with van der Waals surface area (Å²) >= 11 is 6.12. The molecule has 0 aliphatic rings. The molecule has 0 atom stereocenters. The van der Waals surface area contributed by atoms with E-state index in [2.05, 4.69) is 10.6 Å². The lowest BCUT2D eigenvalue weighted by Gasteiger charge is -2.15. The molecule has 0 spiro atoms. The van der Waals surface area contributed by atoms with Crippen molar-refractivity contribution in [1.29, 1.82) is 5.41 Å². The number of carbonyl (C=O) groups excluding carboxylic acids is 2. The van der Waals surface area contributed by atoms with Gasteiger partial charge >= 0.3 is 6.18 Å². The molecule has 0 aliphatic heterocycles. The molecule has 34 heavy (non-hydrogen) atoms. The van der Waals surface area contributed by atoms with Gasteiger partial charge in [0.05, 0.1) is 16.4 Å². The van der Waals surface area contributed by atoms with E-state index in [1.807, 2.05) is 0 Å². The number of allylic oxidation sites excluding steroid dienone is 1. The molecule has 0 fully saturated rings. The number of para-hydroxylation sites is 2. The summed E-state index contributed by atoms with van der Waals surface area (Å²) in [6.07, 6.45) is -4.18. The van der Waals surface area contributed by atoms with Gasteiger partial charge < -0.3 is 10.6 Å². The lowest BCUT2D eigenvalue weighted by molar-refractivity contribution is -0.0583. The molecule has 174 valence electrons. The lowest BCUT2D eigenvalue weighted by atomic mass is 10.1. The molecular weight excluding hydrogens is 467 g/mol. The molecule has 0 saturated heterocycles. The number of amides is 1. The number of nitrogens with one attached hydrogen (secondary N) is 3. The van der Waals surface area contributed by atoms with Crippen LogP contribution in [0.1, 0.15) is 33.2 Å². The van der Waals surface area contributed by atoms with Gasteiger partial charge in [-0.1, -0.05) is 48.0 Å². The molecule has 0 bridgehead atoms. The molecule has 1 amide bonds. The molecule has 9 heteroatoms. The monoisotopic (exact) mass is 485 g/mol. The van der Waals surface area contributed by atoms with Gasteiger partial charge in [0.2, 0.25) is 0 Å². The van der Waals surface area contributed by atoms with Crippen LogP contribution in [-0.2, 0) is 0 Å². The number of alkyl halides is 3. The second-order valence-corrected chi connectivity index (χ2v) is 7.61. The zero-order valence-corrected chi connectivity index (χ0v) is 18.6. The summed E-state index contributed by atoms with van der Waals surface area (Å²) in [5, 5.41) is 13.1. The van der Waals surface area contributed by atoms with Crippen LogP contribution in [0.15, 0.2) is 78.9 Å². The minimum absolute atomic E-state index is 0.0238.